The lowest BCUT2D eigenvalue weighted by Crippen LogP contribution is -2.49. The maximum Gasteiger partial charge on any atom is 0.471 e. The molecule has 2 bridgehead atoms. The van der Waals surface area contributed by atoms with E-state index in [4.69, 9.17) is 0 Å². The van der Waals surface area contributed by atoms with Crippen LogP contribution in [0.25, 0.3) is 0 Å². The first-order chi connectivity index (χ1) is 13.7. The van der Waals surface area contributed by atoms with E-state index in [1.807, 2.05) is 12.2 Å². The Morgan fingerprint density at radius 2 is 1.55 bits per heavy atom. The van der Waals surface area contributed by atoms with Crippen molar-refractivity contribution in [3.63, 3.8) is 0 Å². The molecule has 29 heavy (non-hydrogen) atoms. The maximum atomic E-state index is 13.2. The Labute approximate surface area is 172 Å². The number of rotatable bonds is 3. The van der Waals surface area contributed by atoms with E-state index in [0.29, 0.717) is 21.2 Å². The van der Waals surface area contributed by atoms with Crippen LogP contribution in [-0.4, -0.2) is 35.5 Å². The van der Waals surface area contributed by atoms with Crippen LogP contribution in [0.2, 0.25) is 0 Å². The van der Waals surface area contributed by atoms with Crippen molar-refractivity contribution in [1.82, 2.24) is 4.90 Å². The largest absolute Gasteiger partial charge is 0.471 e. The van der Waals surface area contributed by atoms with Crippen LogP contribution in [0.5, 0.6) is 0 Å². The summed E-state index contributed by atoms with van der Waals surface area (Å²) in [5, 5.41) is 0. The number of hydrogen-bond donors (Lipinski definition) is 0. The predicted octanol–water partition coefficient (Wildman–Crippen LogP) is 3.36. The minimum absolute atomic E-state index is 0.0316. The minimum Gasteiger partial charge on any atom is -0.286 e. The van der Waals surface area contributed by atoms with Gasteiger partial charge in [0.2, 0.25) is 11.8 Å². The molecule has 6 unspecified atom stereocenters. The summed E-state index contributed by atoms with van der Waals surface area (Å²) >= 11 is 3.20. The molecule has 0 aromatic heterocycles. The summed E-state index contributed by atoms with van der Waals surface area (Å²) < 4.78 is 40.3. The highest BCUT2D eigenvalue weighted by molar-refractivity contribution is 9.10. The standard InChI is InChI=1S/C20H16BrF3N2O3/c21-9-1-3-10(4-2-9)25(19(29)20(22,23)24)8-26-17(27)15-11-5-6-12(14-7-13(11)14)16(15)18(26)28/h1-6,11-16H,7-8H2. The highest BCUT2D eigenvalue weighted by atomic mass is 79.9. The zero-order valence-electron chi connectivity index (χ0n) is 15.0. The number of allylic oxidation sites excluding steroid dienone is 2. The fraction of sp³-hybridized carbons (Fsp3) is 0.450. The van der Waals surface area contributed by atoms with E-state index in [2.05, 4.69) is 15.9 Å². The molecule has 3 fully saturated rings. The summed E-state index contributed by atoms with van der Waals surface area (Å²) in [6, 6.07) is 5.67. The van der Waals surface area contributed by atoms with E-state index in [9.17, 15) is 27.6 Å². The number of amides is 3. The molecule has 6 atom stereocenters. The third-order valence-electron chi connectivity index (χ3n) is 6.66. The molecule has 2 saturated carbocycles. The number of carbonyl (C=O) groups excluding carboxylic acids is 3. The molecule has 1 aliphatic heterocycles. The van der Waals surface area contributed by atoms with Crippen molar-refractivity contribution >= 4 is 39.3 Å². The number of nitrogens with zero attached hydrogens (tertiary/aromatic N) is 2. The van der Waals surface area contributed by atoms with Gasteiger partial charge in [0.25, 0.3) is 0 Å². The predicted molar refractivity (Wildman–Crippen MR) is 99.1 cm³/mol. The van der Waals surface area contributed by atoms with E-state index in [0.717, 1.165) is 11.3 Å². The lowest BCUT2D eigenvalue weighted by atomic mass is 9.63. The molecule has 4 aliphatic carbocycles. The topological polar surface area (TPSA) is 57.7 Å². The second kappa shape index (κ2) is 6.17. The highest BCUT2D eigenvalue weighted by Crippen LogP contribution is 2.65. The van der Waals surface area contributed by atoms with E-state index in [1.165, 1.54) is 24.3 Å². The van der Waals surface area contributed by atoms with Crippen molar-refractivity contribution in [3.05, 3.63) is 40.9 Å². The van der Waals surface area contributed by atoms with Gasteiger partial charge in [0.05, 0.1) is 11.8 Å². The monoisotopic (exact) mass is 468 g/mol. The Kier molecular flexibility index (Phi) is 4.01. The maximum absolute atomic E-state index is 13.2. The second-order valence-corrected chi connectivity index (χ2v) is 9.02. The average Bonchev–Trinajstić information content (AvgIpc) is 3.46. The van der Waals surface area contributed by atoms with Gasteiger partial charge in [-0.15, -0.1) is 0 Å². The molecular formula is C20H16BrF3N2O3. The van der Waals surface area contributed by atoms with Gasteiger partial charge >= 0.3 is 12.1 Å². The van der Waals surface area contributed by atoms with E-state index >= 15 is 0 Å². The van der Waals surface area contributed by atoms with Crippen molar-refractivity contribution in [2.45, 2.75) is 12.6 Å². The molecule has 1 aromatic rings. The number of halogens is 4. The molecular weight excluding hydrogens is 453 g/mol. The van der Waals surface area contributed by atoms with Gasteiger partial charge in [0, 0.05) is 10.2 Å². The molecule has 152 valence electrons. The molecule has 0 N–H and O–H groups in total. The molecule has 9 heteroatoms. The van der Waals surface area contributed by atoms with Gasteiger partial charge in [-0.3, -0.25) is 24.2 Å². The average molecular weight is 469 g/mol. The van der Waals surface area contributed by atoms with Gasteiger partial charge in [-0.2, -0.15) is 13.2 Å². The molecule has 0 radical (unpaired) electrons. The first-order valence-corrected chi connectivity index (χ1v) is 10.2. The van der Waals surface area contributed by atoms with Crippen molar-refractivity contribution in [3.8, 4) is 0 Å². The second-order valence-electron chi connectivity index (χ2n) is 8.11. The molecule has 1 heterocycles. The zero-order valence-corrected chi connectivity index (χ0v) is 16.6. The van der Waals surface area contributed by atoms with Gasteiger partial charge in [-0.1, -0.05) is 28.1 Å². The van der Waals surface area contributed by atoms with Gasteiger partial charge in [0.1, 0.15) is 6.67 Å². The van der Waals surface area contributed by atoms with Crippen LogP contribution < -0.4 is 4.90 Å². The van der Waals surface area contributed by atoms with Crippen LogP contribution in [-0.2, 0) is 14.4 Å². The number of imide groups is 1. The normalized spacial score (nSPS) is 34.3. The third-order valence-corrected chi connectivity index (χ3v) is 7.19. The van der Waals surface area contributed by atoms with Crippen molar-refractivity contribution in [2.24, 2.45) is 35.5 Å². The van der Waals surface area contributed by atoms with Crippen molar-refractivity contribution in [1.29, 1.82) is 0 Å². The fourth-order valence-corrected chi connectivity index (χ4v) is 5.60. The molecule has 0 spiro atoms. The summed E-state index contributed by atoms with van der Waals surface area (Å²) in [6.45, 7) is -0.737. The number of benzene rings is 1. The molecule has 3 amide bonds. The van der Waals surface area contributed by atoms with Crippen LogP contribution in [0.3, 0.4) is 0 Å². The first-order valence-electron chi connectivity index (χ1n) is 9.36. The quantitative estimate of drug-likeness (QED) is 0.504. The van der Waals surface area contributed by atoms with E-state index < -0.39 is 42.4 Å². The lowest BCUT2D eigenvalue weighted by molar-refractivity contribution is -0.171. The lowest BCUT2D eigenvalue weighted by Gasteiger charge is -2.37. The Balaban J connectivity index is 1.46. The fourth-order valence-electron chi connectivity index (χ4n) is 5.34. The molecule has 5 aliphatic rings. The number of hydrogen-bond acceptors (Lipinski definition) is 3. The smallest absolute Gasteiger partial charge is 0.286 e. The molecule has 1 saturated heterocycles. The number of likely N-dealkylation sites (tertiary alicyclic amines) is 1. The summed E-state index contributed by atoms with van der Waals surface area (Å²) in [6.07, 6.45) is -0.161. The third kappa shape index (κ3) is 2.77. The van der Waals surface area contributed by atoms with Gasteiger partial charge in [-0.05, 0) is 54.4 Å². The summed E-state index contributed by atoms with van der Waals surface area (Å²) in [5.41, 5.74) is -0.0325. The Morgan fingerprint density at radius 3 is 2.03 bits per heavy atom. The Hall–Kier alpha value is -2.16. The zero-order chi connectivity index (χ0) is 20.7. The van der Waals surface area contributed by atoms with Crippen LogP contribution in [0.1, 0.15) is 6.42 Å². The molecule has 1 aromatic carbocycles. The van der Waals surface area contributed by atoms with Crippen LogP contribution >= 0.6 is 15.9 Å². The van der Waals surface area contributed by atoms with Gasteiger partial charge in [0.15, 0.2) is 0 Å². The SMILES string of the molecule is O=C1C2C3C=CC(C4CC34)C2C(=O)N1CN(C(=O)C(F)(F)F)c1ccc(Br)cc1. The van der Waals surface area contributed by atoms with Crippen molar-refractivity contribution < 1.29 is 27.6 Å². The first kappa shape index (κ1) is 18.8. The Bertz CT molecular complexity index is 909. The summed E-state index contributed by atoms with van der Waals surface area (Å²) in [5.74, 6) is -3.37. The minimum atomic E-state index is -5.13. The number of carbonyl (C=O) groups is 3. The van der Waals surface area contributed by atoms with E-state index in [1.54, 1.807) is 0 Å². The van der Waals surface area contributed by atoms with Crippen LogP contribution in [0.15, 0.2) is 40.9 Å². The molecule has 5 nitrogen and oxygen atoms in total. The van der Waals surface area contributed by atoms with Gasteiger partial charge < -0.3 is 0 Å². The highest BCUT2D eigenvalue weighted by Gasteiger charge is 2.67. The number of anilines is 1. The number of alkyl halides is 3. The van der Waals surface area contributed by atoms with Crippen LogP contribution in [0, 0.1) is 35.5 Å². The molecule has 6 rings (SSSR count). The van der Waals surface area contributed by atoms with E-state index in [-0.39, 0.29) is 17.5 Å². The van der Waals surface area contributed by atoms with Crippen molar-refractivity contribution in [2.75, 3.05) is 11.6 Å². The summed E-state index contributed by atoms with van der Waals surface area (Å²) in [7, 11) is 0. The Morgan fingerprint density at radius 1 is 1.03 bits per heavy atom. The van der Waals surface area contributed by atoms with Crippen LogP contribution in [0.4, 0.5) is 18.9 Å². The van der Waals surface area contributed by atoms with Gasteiger partial charge in [-0.25, -0.2) is 0 Å². The summed E-state index contributed by atoms with van der Waals surface area (Å²) in [4.78, 5) is 39.5.